The second-order valence-electron chi connectivity index (χ2n) is 7.39. The van der Waals surface area contributed by atoms with Crippen LogP contribution in [0.2, 0.25) is 5.02 Å². The Kier molecular flexibility index (Phi) is 4.51. The van der Waals surface area contributed by atoms with Crippen molar-refractivity contribution in [3.8, 4) is 5.75 Å². The van der Waals surface area contributed by atoms with Gasteiger partial charge in [0, 0.05) is 17.2 Å². The fourth-order valence-corrected chi connectivity index (χ4v) is 4.45. The van der Waals surface area contributed by atoms with Crippen molar-refractivity contribution in [3.63, 3.8) is 0 Å². The molecule has 2 amide bonds. The zero-order chi connectivity index (χ0) is 18.4. The number of imide groups is 1. The maximum atomic E-state index is 14.6. The molecule has 6 heteroatoms. The Bertz CT molecular complexity index is 814. The number of benzene rings is 1. The minimum absolute atomic E-state index is 0.0183. The third kappa shape index (κ3) is 2.82. The maximum Gasteiger partial charge on any atom is 0.262 e. The van der Waals surface area contributed by atoms with Crippen LogP contribution in [-0.4, -0.2) is 17.9 Å². The third-order valence-electron chi connectivity index (χ3n) is 5.61. The summed E-state index contributed by atoms with van der Waals surface area (Å²) in [5, 5.41) is 0.156. The molecule has 1 atom stereocenters. The van der Waals surface area contributed by atoms with Crippen LogP contribution < -0.4 is 9.64 Å². The molecule has 1 fully saturated rings. The molecule has 0 bridgehead atoms. The summed E-state index contributed by atoms with van der Waals surface area (Å²) in [5.41, 5.74) is 0.995. The summed E-state index contributed by atoms with van der Waals surface area (Å²) in [6, 6.07) is 2.53. The lowest BCUT2D eigenvalue weighted by Crippen LogP contribution is -2.33. The molecular weight excluding hydrogens is 357 g/mol. The number of hydrogen-bond acceptors (Lipinski definition) is 3. The van der Waals surface area contributed by atoms with Gasteiger partial charge in [0.05, 0.1) is 16.8 Å². The van der Waals surface area contributed by atoms with Gasteiger partial charge in [0.15, 0.2) is 0 Å². The van der Waals surface area contributed by atoms with Crippen molar-refractivity contribution < 1.29 is 18.7 Å². The average molecular weight is 378 g/mol. The van der Waals surface area contributed by atoms with Gasteiger partial charge in [0.25, 0.3) is 11.8 Å². The van der Waals surface area contributed by atoms with Crippen LogP contribution in [0.25, 0.3) is 0 Å². The van der Waals surface area contributed by atoms with E-state index in [4.69, 9.17) is 16.3 Å². The van der Waals surface area contributed by atoms with Gasteiger partial charge in [-0.1, -0.05) is 18.5 Å². The first-order valence-corrected chi connectivity index (χ1v) is 9.62. The van der Waals surface area contributed by atoms with Crippen LogP contribution in [0.5, 0.6) is 5.75 Å². The molecule has 0 saturated heterocycles. The molecule has 1 saturated carbocycles. The molecule has 2 aliphatic carbocycles. The van der Waals surface area contributed by atoms with E-state index in [-0.39, 0.29) is 22.7 Å². The standard InChI is InChI=1S/C20H21ClFNO3/c1-11-5-4-8-13-18(11)20(25)23(19(13)24)16-10-17(14(21)9-15(16)22)26-12-6-2-3-7-12/h9-12H,2-8H2,1H3. The number of carbonyl (C=O) groups is 2. The van der Waals surface area contributed by atoms with E-state index in [1.807, 2.05) is 6.92 Å². The molecule has 4 rings (SSSR count). The fraction of sp³-hybridized carbons (Fsp3) is 0.500. The molecule has 0 radical (unpaired) electrons. The van der Waals surface area contributed by atoms with Crippen molar-refractivity contribution in [2.24, 2.45) is 5.92 Å². The summed E-state index contributed by atoms with van der Waals surface area (Å²) >= 11 is 6.14. The molecule has 1 aromatic carbocycles. The highest BCUT2D eigenvalue weighted by atomic mass is 35.5. The number of amides is 2. The van der Waals surface area contributed by atoms with Gasteiger partial charge in [-0.25, -0.2) is 9.29 Å². The van der Waals surface area contributed by atoms with E-state index in [9.17, 15) is 14.0 Å². The molecule has 1 aliphatic heterocycles. The minimum Gasteiger partial charge on any atom is -0.489 e. The number of carbonyl (C=O) groups excluding carboxylic acids is 2. The average Bonchev–Trinajstić information content (AvgIpc) is 3.19. The highest BCUT2D eigenvalue weighted by Crippen LogP contribution is 2.42. The molecule has 0 spiro atoms. The van der Waals surface area contributed by atoms with Crippen LogP contribution in [0, 0.1) is 11.7 Å². The van der Waals surface area contributed by atoms with E-state index in [2.05, 4.69) is 0 Å². The van der Waals surface area contributed by atoms with E-state index in [1.165, 1.54) is 6.07 Å². The van der Waals surface area contributed by atoms with Gasteiger partial charge < -0.3 is 4.74 Å². The number of hydrogen-bond donors (Lipinski definition) is 0. The summed E-state index contributed by atoms with van der Waals surface area (Å²) in [5.74, 6) is -1.17. The molecule has 1 unspecified atom stereocenters. The van der Waals surface area contributed by atoms with E-state index < -0.39 is 17.6 Å². The zero-order valence-corrected chi connectivity index (χ0v) is 15.4. The molecule has 1 heterocycles. The van der Waals surface area contributed by atoms with E-state index in [1.54, 1.807) is 0 Å². The van der Waals surface area contributed by atoms with Crippen LogP contribution >= 0.6 is 11.6 Å². The molecular formula is C20H21ClFNO3. The van der Waals surface area contributed by atoms with Gasteiger partial charge in [-0.2, -0.15) is 0 Å². The second-order valence-corrected chi connectivity index (χ2v) is 7.80. The first-order valence-electron chi connectivity index (χ1n) is 9.25. The summed E-state index contributed by atoms with van der Waals surface area (Å²) in [6.07, 6.45) is 6.39. The largest absolute Gasteiger partial charge is 0.489 e. The van der Waals surface area contributed by atoms with Crippen LogP contribution in [-0.2, 0) is 9.59 Å². The first-order chi connectivity index (χ1) is 12.5. The van der Waals surface area contributed by atoms with Crippen molar-refractivity contribution in [2.45, 2.75) is 58.0 Å². The van der Waals surface area contributed by atoms with Crippen molar-refractivity contribution in [2.75, 3.05) is 4.90 Å². The van der Waals surface area contributed by atoms with Crippen molar-refractivity contribution in [1.29, 1.82) is 0 Å². The van der Waals surface area contributed by atoms with Gasteiger partial charge in [0.2, 0.25) is 0 Å². The number of halogens is 2. The highest BCUT2D eigenvalue weighted by molar-refractivity contribution is 6.34. The Morgan fingerprint density at radius 2 is 1.85 bits per heavy atom. The lowest BCUT2D eigenvalue weighted by molar-refractivity contribution is -0.120. The van der Waals surface area contributed by atoms with Crippen LogP contribution in [0.15, 0.2) is 23.3 Å². The summed E-state index contributed by atoms with van der Waals surface area (Å²) in [7, 11) is 0. The Morgan fingerprint density at radius 1 is 1.12 bits per heavy atom. The van der Waals surface area contributed by atoms with Crippen molar-refractivity contribution in [1.82, 2.24) is 0 Å². The summed E-state index contributed by atoms with van der Waals surface area (Å²) in [6.45, 7) is 1.94. The van der Waals surface area contributed by atoms with Gasteiger partial charge in [-0.15, -0.1) is 0 Å². The Hall–Kier alpha value is -1.88. The number of nitrogens with zero attached hydrogens (tertiary/aromatic N) is 1. The van der Waals surface area contributed by atoms with E-state index >= 15 is 0 Å². The number of rotatable bonds is 3. The monoisotopic (exact) mass is 377 g/mol. The Balaban J connectivity index is 1.69. The first kappa shape index (κ1) is 17.5. The molecule has 1 aromatic rings. The Morgan fingerprint density at radius 3 is 2.54 bits per heavy atom. The number of anilines is 1. The molecule has 26 heavy (non-hydrogen) atoms. The normalized spacial score (nSPS) is 23.8. The van der Waals surface area contributed by atoms with E-state index in [0.717, 1.165) is 49.5 Å². The van der Waals surface area contributed by atoms with Crippen molar-refractivity contribution >= 4 is 29.1 Å². The fourth-order valence-electron chi connectivity index (χ4n) is 4.26. The van der Waals surface area contributed by atoms with Gasteiger partial charge in [-0.05, 0) is 56.9 Å². The molecule has 0 aromatic heterocycles. The van der Waals surface area contributed by atoms with Gasteiger partial charge in [0.1, 0.15) is 11.6 Å². The van der Waals surface area contributed by atoms with E-state index in [0.29, 0.717) is 23.3 Å². The van der Waals surface area contributed by atoms with Crippen LogP contribution in [0.1, 0.15) is 51.9 Å². The second kappa shape index (κ2) is 6.69. The lowest BCUT2D eigenvalue weighted by Gasteiger charge is -2.20. The van der Waals surface area contributed by atoms with Crippen LogP contribution in [0.4, 0.5) is 10.1 Å². The zero-order valence-electron chi connectivity index (χ0n) is 14.7. The predicted octanol–water partition coefficient (Wildman–Crippen LogP) is 4.79. The molecule has 4 nitrogen and oxygen atoms in total. The van der Waals surface area contributed by atoms with Gasteiger partial charge in [-0.3, -0.25) is 9.59 Å². The SMILES string of the molecule is CC1CCCC2=C1C(=O)N(c1cc(OC3CCCC3)c(Cl)cc1F)C2=O. The topological polar surface area (TPSA) is 46.6 Å². The summed E-state index contributed by atoms with van der Waals surface area (Å²) < 4.78 is 20.5. The maximum absolute atomic E-state index is 14.6. The number of ether oxygens (including phenoxy) is 1. The molecule has 138 valence electrons. The predicted molar refractivity (Wildman–Crippen MR) is 96.8 cm³/mol. The minimum atomic E-state index is -0.692. The third-order valence-corrected chi connectivity index (χ3v) is 5.91. The van der Waals surface area contributed by atoms with Crippen LogP contribution in [0.3, 0.4) is 0 Å². The highest BCUT2D eigenvalue weighted by Gasteiger charge is 2.43. The lowest BCUT2D eigenvalue weighted by atomic mass is 9.85. The quantitative estimate of drug-likeness (QED) is 0.711. The molecule has 3 aliphatic rings. The Labute approximate surface area is 156 Å². The van der Waals surface area contributed by atoms with Crippen molar-refractivity contribution in [3.05, 3.63) is 34.1 Å². The molecule has 0 N–H and O–H groups in total. The smallest absolute Gasteiger partial charge is 0.262 e. The van der Waals surface area contributed by atoms with Gasteiger partial charge >= 0.3 is 0 Å². The summed E-state index contributed by atoms with van der Waals surface area (Å²) in [4.78, 5) is 26.6.